The van der Waals surface area contributed by atoms with Gasteiger partial charge in [-0.25, -0.2) is 0 Å². The number of benzene rings is 2. The molecule has 0 aliphatic carbocycles. The Bertz CT molecular complexity index is 952. The monoisotopic (exact) mass is 396 g/mol. The van der Waals surface area contributed by atoms with E-state index >= 15 is 0 Å². The van der Waals surface area contributed by atoms with Gasteiger partial charge < -0.3 is 15.5 Å². The van der Waals surface area contributed by atoms with Crippen LogP contribution in [0.1, 0.15) is 46.0 Å². The highest BCUT2D eigenvalue weighted by atomic mass is 16.6. The van der Waals surface area contributed by atoms with Gasteiger partial charge in [-0.2, -0.15) is 0 Å². The Morgan fingerprint density at radius 3 is 2.48 bits per heavy atom. The van der Waals surface area contributed by atoms with Gasteiger partial charge in [-0.3, -0.25) is 19.7 Å². The summed E-state index contributed by atoms with van der Waals surface area (Å²) in [6, 6.07) is 9.44. The lowest BCUT2D eigenvalue weighted by Crippen LogP contribution is -2.24. The van der Waals surface area contributed by atoms with Gasteiger partial charge in [0.2, 0.25) is 0 Å². The van der Waals surface area contributed by atoms with Crippen molar-refractivity contribution in [1.82, 2.24) is 5.32 Å². The summed E-state index contributed by atoms with van der Waals surface area (Å²) in [5.41, 5.74) is 2.53. The Morgan fingerprint density at radius 1 is 1.10 bits per heavy atom. The van der Waals surface area contributed by atoms with Crippen LogP contribution in [-0.2, 0) is 0 Å². The van der Waals surface area contributed by atoms with Gasteiger partial charge in [-0.1, -0.05) is 6.07 Å². The predicted molar refractivity (Wildman–Crippen MR) is 112 cm³/mol. The number of nitrogens with zero attached hydrogens (tertiary/aromatic N) is 2. The zero-order valence-electron chi connectivity index (χ0n) is 16.5. The van der Waals surface area contributed by atoms with E-state index in [0.29, 0.717) is 23.5 Å². The molecule has 2 aromatic carbocycles. The van der Waals surface area contributed by atoms with Gasteiger partial charge in [0.25, 0.3) is 17.5 Å². The van der Waals surface area contributed by atoms with Crippen molar-refractivity contribution in [2.45, 2.75) is 26.7 Å². The molecular weight excluding hydrogens is 372 g/mol. The fourth-order valence-corrected chi connectivity index (χ4v) is 3.40. The van der Waals surface area contributed by atoms with Gasteiger partial charge in [0.1, 0.15) is 0 Å². The van der Waals surface area contributed by atoms with Crippen LogP contribution in [0.25, 0.3) is 0 Å². The standard InChI is InChI=1S/C21H24N4O4/c1-3-22-20(26)15-7-6-14(2)18(12-15)23-21(27)17-13-16(25(28)29)8-9-19(17)24-10-4-5-11-24/h6-9,12-13H,3-5,10-11H2,1-2H3,(H,22,26)(H,23,27). The van der Waals surface area contributed by atoms with Crippen molar-refractivity contribution in [2.75, 3.05) is 29.9 Å². The van der Waals surface area contributed by atoms with E-state index in [9.17, 15) is 19.7 Å². The van der Waals surface area contributed by atoms with Crippen molar-refractivity contribution in [3.8, 4) is 0 Å². The lowest BCUT2D eigenvalue weighted by atomic mass is 10.1. The molecule has 0 unspecified atom stereocenters. The van der Waals surface area contributed by atoms with Gasteiger partial charge in [0.05, 0.1) is 16.2 Å². The number of rotatable bonds is 6. The molecule has 2 aromatic rings. The van der Waals surface area contributed by atoms with Gasteiger partial charge >= 0.3 is 0 Å². The van der Waals surface area contributed by atoms with Gasteiger partial charge in [0, 0.05) is 43.0 Å². The summed E-state index contributed by atoms with van der Waals surface area (Å²) in [5, 5.41) is 16.8. The summed E-state index contributed by atoms with van der Waals surface area (Å²) in [6.07, 6.45) is 2.04. The zero-order chi connectivity index (χ0) is 21.0. The van der Waals surface area contributed by atoms with Gasteiger partial charge in [-0.05, 0) is 50.5 Å². The molecule has 0 aromatic heterocycles. The second-order valence-electron chi connectivity index (χ2n) is 7.00. The molecule has 152 valence electrons. The van der Waals surface area contributed by atoms with E-state index in [1.54, 1.807) is 24.3 Å². The maximum Gasteiger partial charge on any atom is 0.270 e. The fraction of sp³-hybridized carbons (Fsp3) is 0.333. The van der Waals surface area contributed by atoms with Crippen molar-refractivity contribution in [3.05, 3.63) is 63.2 Å². The molecule has 1 aliphatic heterocycles. The largest absolute Gasteiger partial charge is 0.371 e. The summed E-state index contributed by atoms with van der Waals surface area (Å²) >= 11 is 0. The molecule has 3 rings (SSSR count). The summed E-state index contributed by atoms with van der Waals surface area (Å²) in [5.74, 6) is -0.664. The third-order valence-corrected chi connectivity index (χ3v) is 4.97. The molecule has 1 aliphatic rings. The molecule has 8 nitrogen and oxygen atoms in total. The maximum absolute atomic E-state index is 13.1. The van der Waals surface area contributed by atoms with Crippen LogP contribution in [-0.4, -0.2) is 36.4 Å². The molecule has 0 radical (unpaired) electrons. The van der Waals surface area contributed by atoms with Crippen LogP contribution in [0, 0.1) is 17.0 Å². The molecule has 0 bridgehead atoms. The number of carbonyl (C=O) groups excluding carboxylic acids is 2. The molecule has 29 heavy (non-hydrogen) atoms. The van der Waals surface area contributed by atoms with Gasteiger partial charge in [0.15, 0.2) is 0 Å². The van der Waals surface area contributed by atoms with E-state index in [1.165, 1.54) is 12.1 Å². The van der Waals surface area contributed by atoms with Crippen LogP contribution >= 0.6 is 0 Å². The minimum Gasteiger partial charge on any atom is -0.371 e. The van der Waals surface area contributed by atoms with Crippen LogP contribution < -0.4 is 15.5 Å². The quantitative estimate of drug-likeness (QED) is 0.574. The number of nitro groups is 1. The van der Waals surface area contributed by atoms with E-state index in [0.717, 1.165) is 31.5 Å². The Hall–Kier alpha value is -3.42. The molecule has 1 fully saturated rings. The van der Waals surface area contributed by atoms with Crippen molar-refractivity contribution >= 4 is 28.9 Å². The third kappa shape index (κ3) is 4.53. The number of carbonyl (C=O) groups is 2. The van der Waals surface area contributed by atoms with Crippen molar-refractivity contribution < 1.29 is 14.5 Å². The minimum atomic E-state index is -0.508. The Balaban J connectivity index is 1.94. The number of hydrogen-bond donors (Lipinski definition) is 2. The second kappa shape index (κ2) is 8.72. The molecular formula is C21H24N4O4. The first-order valence-electron chi connectivity index (χ1n) is 9.64. The second-order valence-corrected chi connectivity index (χ2v) is 7.00. The van der Waals surface area contributed by atoms with E-state index in [4.69, 9.17) is 0 Å². The van der Waals surface area contributed by atoms with Gasteiger partial charge in [-0.15, -0.1) is 0 Å². The number of hydrogen-bond acceptors (Lipinski definition) is 5. The molecule has 8 heteroatoms. The summed E-state index contributed by atoms with van der Waals surface area (Å²) in [6.45, 7) is 5.78. The lowest BCUT2D eigenvalue weighted by molar-refractivity contribution is -0.384. The van der Waals surface area contributed by atoms with E-state index in [2.05, 4.69) is 15.5 Å². The summed E-state index contributed by atoms with van der Waals surface area (Å²) < 4.78 is 0. The first kappa shape index (κ1) is 20.3. The van der Waals surface area contributed by atoms with Crippen molar-refractivity contribution in [1.29, 1.82) is 0 Å². The number of aryl methyl sites for hydroxylation is 1. The fourth-order valence-electron chi connectivity index (χ4n) is 3.40. The highest BCUT2D eigenvalue weighted by molar-refractivity contribution is 6.09. The first-order valence-corrected chi connectivity index (χ1v) is 9.64. The van der Waals surface area contributed by atoms with Crippen molar-refractivity contribution in [2.24, 2.45) is 0 Å². The Labute approximate surface area is 169 Å². The number of non-ortho nitro benzene ring substituents is 1. The van der Waals surface area contributed by atoms with E-state index in [1.807, 2.05) is 13.8 Å². The molecule has 0 saturated carbocycles. The molecule has 2 N–H and O–H groups in total. The topological polar surface area (TPSA) is 105 Å². The molecule has 0 atom stereocenters. The predicted octanol–water partition coefficient (Wildman–Crippen LogP) is 3.51. The molecule has 2 amide bonds. The first-order chi connectivity index (χ1) is 13.9. The minimum absolute atomic E-state index is 0.133. The maximum atomic E-state index is 13.1. The number of anilines is 2. The highest BCUT2D eigenvalue weighted by Crippen LogP contribution is 2.29. The van der Waals surface area contributed by atoms with Crippen LogP contribution in [0.15, 0.2) is 36.4 Å². The average Bonchev–Trinajstić information content (AvgIpc) is 3.24. The Kier molecular flexibility index (Phi) is 6.11. The number of nitrogens with one attached hydrogen (secondary N) is 2. The normalized spacial score (nSPS) is 13.2. The summed E-state index contributed by atoms with van der Waals surface area (Å²) in [4.78, 5) is 37.9. The zero-order valence-corrected chi connectivity index (χ0v) is 16.5. The average molecular weight is 396 g/mol. The van der Waals surface area contributed by atoms with E-state index in [-0.39, 0.29) is 17.2 Å². The third-order valence-electron chi connectivity index (χ3n) is 4.97. The lowest BCUT2D eigenvalue weighted by Gasteiger charge is -2.21. The Morgan fingerprint density at radius 2 is 1.83 bits per heavy atom. The highest BCUT2D eigenvalue weighted by Gasteiger charge is 2.23. The number of nitro benzene ring substituents is 1. The van der Waals surface area contributed by atoms with Crippen LogP contribution in [0.5, 0.6) is 0 Å². The van der Waals surface area contributed by atoms with Crippen LogP contribution in [0.2, 0.25) is 0 Å². The van der Waals surface area contributed by atoms with E-state index < -0.39 is 10.8 Å². The van der Waals surface area contributed by atoms with Crippen LogP contribution in [0.3, 0.4) is 0 Å². The smallest absolute Gasteiger partial charge is 0.270 e. The molecule has 1 saturated heterocycles. The molecule has 1 heterocycles. The SMILES string of the molecule is CCNC(=O)c1ccc(C)c(NC(=O)c2cc([N+](=O)[O-])ccc2N2CCCC2)c1. The van der Waals surface area contributed by atoms with Crippen LogP contribution in [0.4, 0.5) is 17.1 Å². The number of amides is 2. The van der Waals surface area contributed by atoms with Crippen molar-refractivity contribution in [3.63, 3.8) is 0 Å². The summed E-state index contributed by atoms with van der Waals surface area (Å²) in [7, 11) is 0. The molecule has 0 spiro atoms.